The van der Waals surface area contributed by atoms with Crippen LogP contribution in [0.5, 0.6) is 0 Å². The van der Waals surface area contributed by atoms with E-state index < -0.39 is 5.97 Å². The van der Waals surface area contributed by atoms with Gasteiger partial charge in [-0.05, 0) is 67.3 Å². The van der Waals surface area contributed by atoms with Gasteiger partial charge in [-0.15, -0.1) is 0 Å². The number of hydrogen-bond donors (Lipinski definition) is 1. The average Bonchev–Trinajstić information content (AvgIpc) is 2.68. The van der Waals surface area contributed by atoms with E-state index in [4.69, 9.17) is 0 Å². The third kappa shape index (κ3) is 4.55. The van der Waals surface area contributed by atoms with Gasteiger partial charge in [-0.1, -0.05) is 55.9 Å². The fourth-order valence-corrected chi connectivity index (χ4v) is 3.96. The van der Waals surface area contributed by atoms with Crippen LogP contribution in [0.3, 0.4) is 0 Å². The fraction of sp³-hybridized carbons (Fsp3) is 0.375. The van der Waals surface area contributed by atoms with Gasteiger partial charge in [0.1, 0.15) is 0 Å². The molecule has 0 aliphatic heterocycles. The number of benzene rings is 2. The number of carboxylic acids is 1. The van der Waals surface area contributed by atoms with E-state index in [0.717, 1.165) is 11.5 Å². The summed E-state index contributed by atoms with van der Waals surface area (Å²) in [5.41, 5.74) is 3.04. The number of hydrogen-bond acceptors (Lipinski definition) is 1. The van der Waals surface area contributed by atoms with Crippen LogP contribution in [0.15, 0.2) is 48.5 Å². The van der Waals surface area contributed by atoms with E-state index in [2.05, 4.69) is 18.8 Å². The summed E-state index contributed by atoms with van der Waals surface area (Å²) in [6.45, 7) is 2.26. The van der Waals surface area contributed by atoms with Gasteiger partial charge in [-0.3, -0.25) is 0 Å². The molecule has 134 valence electrons. The van der Waals surface area contributed by atoms with Crippen LogP contribution < -0.4 is 0 Å². The highest BCUT2D eigenvalue weighted by Gasteiger charge is 2.22. The van der Waals surface area contributed by atoms with Crippen molar-refractivity contribution in [2.24, 2.45) is 5.92 Å². The number of rotatable bonds is 4. The SMILES string of the molecule is CCCC1CCC(c2ccc(C(=O)O)c(C#Cc3ccccc3)c2)CC1. The summed E-state index contributed by atoms with van der Waals surface area (Å²) in [6.07, 6.45) is 7.56. The molecule has 0 saturated heterocycles. The third-order valence-corrected chi connectivity index (χ3v) is 5.40. The molecule has 3 rings (SSSR count). The van der Waals surface area contributed by atoms with Gasteiger partial charge in [0.05, 0.1) is 5.56 Å². The molecule has 26 heavy (non-hydrogen) atoms. The molecule has 0 unspecified atom stereocenters. The molecule has 0 spiro atoms. The van der Waals surface area contributed by atoms with E-state index in [0.29, 0.717) is 11.5 Å². The molecule has 1 aliphatic carbocycles. The molecule has 1 aliphatic rings. The molecule has 0 heterocycles. The largest absolute Gasteiger partial charge is 0.478 e. The Hall–Kier alpha value is -2.53. The zero-order chi connectivity index (χ0) is 18.4. The van der Waals surface area contributed by atoms with Gasteiger partial charge >= 0.3 is 5.97 Å². The Morgan fingerprint density at radius 2 is 1.77 bits per heavy atom. The first-order chi connectivity index (χ1) is 12.7. The van der Waals surface area contributed by atoms with Gasteiger partial charge in [-0.25, -0.2) is 4.79 Å². The Morgan fingerprint density at radius 3 is 2.42 bits per heavy atom. The van der Waals surface area contributed by atoms with Gasteiger partial charge in [0.2, 0.25) is 0 Å². The van der Waals surface area contributed by atoms with Crippen LogP contribution in [0.25, 0.3) is 0 Å². The van der Waals surface area contributed by atoms with E-state index in [-0.39, 0.29) is 5.56 Å². The lowest BCUT2D eigenvalue weighted by Crippen LogP contribution is -2.13. The Balaban J connectivity index is 1.83. The van der Waals surface area contributed by atoms with Crippen molar-refractivity contribution in [2.45, 2.75) is 51.4 Å². The van der Waals surface area contributed by atoms with Crippen LogP contribution in [0.2, 0.25) is 0 Å². The lowest BCUT2D eigenvalue weighted by molar-refractivity contribution is 0.0696. The van der Waals surface area contributed by atoms with E-state index in [1.54, 1.807) is 6.07 Å². The first-order valence-corrected chi connectivity index (χ1v) is 9.61. The maximum atomic E-state index is 11.6. The van der Waals surface area contributed by atoms with Gasteiger partial charge in [0, 0.05) is 11.1 Å². The summed E-state index contributed by atoms with van der Waals surface area (Å²) in [5.74, 6) is 6.67. The molecule has 0 aromatic heterocycles. The quantitative estimate of drug-likeness (QED) is 0.704. The second-order valence-corrected chi connectivity index (χ2v) is 7.23. The number of carboxylic acid groups (broad SMARTS) is 1. The molecule has 0 radical (unpaired) electrons. The molecule has 1 fully saturated rings. The van der Waals surface area contributed by atoms with Crippen molar-refractivity contribution >= 4 is 5.97 Å². The lowest BCUT2D eigenvalue weighted by atomic mass is 9.77. The van der Waals surface area contributed by atoms with Gasteiger partial charge in [0.15, 0.2) is 0 Å². The van der Waals surface area contributed by atoms with Crippen molar-refractivity contribution in [1.82, 2.24) is 0 Å². The predicted octanol–water partition coefficient (Wildman–Crippen LogP) is 5.86. The summed E-state index contributed by atoms with van der Waals surface area (Å²) >= 11 is 0. The van der Waals surface area contributed by atoms with E-state index in [1.807, 2.05) is 42.5 Å². The van der Waals surface area contributed by atoms with Crippen LogP contribution in [-0.4, -0.2) is 11.1 Å². The van der Waals surface area contributed by atoms with Crippen LogP contribution in [0, 0.1) is 17.8 Å². The van der Waals surface area contributed by atoms with Crippen LogP contribution in [0.1, 0.15) is 78.4 Å². The standard InChI is InChI=1S/C24H26O2/c1-2-6-18-9-12-20(13-10-18)21-15-16-23(24(25)26)22(17-21)14-11-19-7-4-3-5-8-19/h3-5,7-8,15-18,20H,2,6,9-10,12-13H2,1H3,(H,25,26). The molecule has 0 atom stereocenters. The van der Waals surface area contributed by atoms with Crippen LogP contribution in [0.4, 0.5) is 0 Å². The minimum Gasteiger partial charge on any atom is -0.478 e. The average molecular weight is 346 g/mol. The van der Waals surface area contributed by atoms with Crippen LogP contribution in [-0.2, 0) is 0 Å². The highest BCUT2D eigenvalue weighted by atomic mass is 16.4. The summed E-state index contributed by atoms with van der Waals surface area (Å²) in [7, 11) is 0. The Bertz CT molecular complexity index is 803. The third-order valence-electron chi connectivity index (χ3n) is 5.40. The Morgan fingerprint density at radius 1 is 1.04 bits per heavy atom. The zero-order valence-electron chi connectivity index (χ0n) is 15.4. The maximum Gasteiger partial charge on any atom is 0.336 e. The minimum absolute atomic E-state index is 0.289. The smallest absolute Gasteiger partial charge is 0.336 e. The molecular formula is C24H26O2. The Labute approximate surface area is 156 Å². The number of carbonyl (C=O) groups is 1. The van der Waals surface area contributed by atoms with Gasteiger partial charge < -0.3 is 5.11 Å². The van der Waals surface area contributed by atoms with Gasteiger partial charge in [-0.2, -0.15) is 0 Å². The lowest BCUT2D eigenvalue weighted by Gasteiger charge is -2.28. The minimum atomic E-state index is -0.916. The summed E-state index contributed by atoms with van der Waals surface area (Å²) < 4.78 is 0. The van der Waals surface area contributed by atoms with Crippen molar-refractivity contribution in [1.29, 1.82) is 0 Å². The van der Waals surface area contributed by atoms with Crippen molar-refractivity contribution in [3.05, 3.63) is 70.8 Å². The molecule has 2 aromatic carbocycles. The van der Waals surface area contributed by atoms with E-state index in [9.17, 15) is 9.90 Å². The molecule has 2 heteroatoms. The highest BCUT2D eigenvalue weighted by molar-refractivity contribution is 5.91. The Kier molecular flexibility index (Phi) is 6.12. The molecule has 2 nitrogen and oxygen atoms in total. The molecular weight excluding hydrogens is 320 g/mol. The monoisotopic (exact) mass is 346 g/mol. The van der Waals surface area contributed by atoms with Gasteiger partial charge in [0.25, 0.3) is 0 Å². The summed E-state index contributed by atoms with van der Waals surface area (Å²) in [4.78, 5) is 11.6. The number of aromatic carboxylic acids is 1. The highest BCUT2D eigenvalue weighted by Crippen LogP contribution is 2.37. The van der Waals surface area contributed by atoms with Crippen LogP contribution >= 0.6 is 0 Å². The molecule has 0 bridgehead atoms. The maximum absolute atomic E-state index is 11.6. The molecule has 1 saturated carbocycles. The predicted molar refractivity (Wildman–Crippen MR) is 105 cm³/mol. The van der Waals surface area contributed by atoms with Crippen molar-refractivity contribution < 1.29 is 9.90 Å². The van der Waals surface area contributed by atoms with Crippen molar-refractivity contribution in [2.75, 3.05) is 0 Å². The topological polar surface area (TPSA) is 37.3 Å². The molecule has 0 amide bonds. The van der Waals surface area contributed by atoms with Crippen molar-refractivity contribution in [3.63, 3.8) is 0 Å². The normalized spacial score (nSPS) is 19.4. The molecule has 1 N–H and O–H groups in total. The van der Waals surface area contributed by atoms with Crippen molar-refractivity contribution in [3.8, 4) is 11.8 Å². The molecule has 2 aromatic rings. The summed E-state index contributed by atoms with van der Waals surface area (Å²) in [5, 5.41) is 9.49. The first-order valence-electron chi connectivity index (χ1n) is 9.61. The summed E-state index contributed by atoms with van der Waals surface area (Å²) in [6, 6.07) is 15.4. The zero-order valence-corrected chi connectivity index (χ0v) is 15.4. The first kappa shape index (κ1) is 18.3. The van der Waals surface area contributed by atoms with E-state index in [1.165, 1.54) is 44.1 Å². The van der Waals surface area contributed by atoms with E-state index >= 15 is 0 Å². The second-order valence-electron chi connectivity index (χ2n) is 7.23. The second kappa shape index (κ2) is 8.72. The fourth-order valence-electron chi connectivity index (χ4n) is 3.96.